The number of para-hydroxylation sites is 1. The van der Waals surface area contributed by atoms with Gasteiger partial charge in [0, 0.05) is 38.3 Å². The number of anilines is 1. The monoisotopic (exact) mass is 412 g/mol. The molecule has 0 atom stereocenters. The average molecular weight is 412 g/mol. The van der Waals surface area contributed by atoms with Crippen molar-refractivity contribution >= 4 is 22.3 Å². The van der Waals surface area contributed by atoms with Gasteiger partial charge < -0.3 is 20.3 Å². The van der Waals surface area contributed by atoms with Gasteiger partial charge in [0.15, 0.2) is 5.96 Å². The molecule has 28 heavy (non-hydrogen) atoms. The fourth-order valence-corrected chi connectivity index (χ4v) is 3.92. The van der Waals surface area contributed by atoms with Crippen molar-refractivity contribution in [3.63, 3.8) is 0 Å². The Labute approximate surface area is 166 Å². The maximum Gasteiger partial charge on any atom is 0.573 e. The smallest absolute Gasteiger partial charge is 0.405 e. The van der Waals surface area contributed by atoms with Gasteiger partial charge in [-0.25, -0.2) is 0 Å². The van der Waals surface area contributed by atoms with Crippen molar-refractivity contribution in [3.8, 4) is 5.75 Å². The predicted octanol–water partition coefficient (Wildman–Crippen LogP) is 3.98. The summed E-state index contributed by atoms with van der Waals surface area (Å²) in [6.45, 7) is 2.09. The van der Waals surface area contributed by atoms with Crippen LogP contribution < -0.4 is 20.3 Å². The zero-order chi connectivity index (χ0) is 20.0. The van der Waals surface area contributed by atoms with Crippen LogP contribution in [0.5, 0.6) is 5.75 Å². The average Bonchev–Trinajstić information content (AvgIpc) is 3.20. The molecule has 0 saturated carbocycles. The number of hydrogen-bond acceptors (Lipinski definition) is 4. The molecule has 2 aromatic rings. The van der Waals surface area contributed by atoms with Gasteiger partial charge in [0.25, 0.3) is 0 Å². The van der Waals surface area contributed by atoms with Crippen LogP contribution in [-0.2, 0) is 6.54 Å². The van der Waals surface area contributed by atoms with Gasteiger partial charge in [-0.05, 0) is 36.4 Å². The van der Waals surface area contributed by atoms with E-state index in [0.29, 0.717) is 11.5 Å². The Morgan fingerprint density at radius 3 is 2.61 bits per heavy atom. The molecular weight excluding hydrogens is 389 g/mol. The minimum absolute atomic E-state index is 0.181. The number of rotatable bonds is 5. The lowest BCUT2D eigenvalue weighted by molar-refractivity contribution is -0.274. The molecule has 1 saturated heterocycles. The van der Waals surface area contributed by atoms with E-state index >= 15 is 0 Å². The summed E-state index contributed by atoms with van der Waals surface area (Å²) in [5, 5.41) is 9.79. The minimum Gasteiger partial charge on any atom is -0.405 e. The van der Waals surface area contributed by atoms with Crippen LogP contribution in [0.3, 0.4) is 0 Å². The van der Waals surface area contributed by atoms with Gasteiger partial charge >= 0.3 is 6.36 Å². The first-order chi connectivity index (χ1) is 13.4. The number of nitrogens with one attached hydrogen (secondary N) is 2. The second kappa shape index (κ2) is 9.18. The van der Waals surface area contributed by atoms with Crippen LogP contribution in [0.15, 0.2) is 46.8 Å². The quantitative estimate of drug-likeness (QED) is 0.576. The molecular formula is C19H23F3N4OS. The third-order valence-corrected chi connectivity index (χ3v) is 5.45. The highest BCUT2D eigenvalue weighted by Crippen LogP contribution is 2.26. The highest BCUT2D eigenvalue weighted by molar-refractivity contribution is 7.14. The van der Waals surface area contributed by atoms with E-state index in [0.717, 1.165) is 25.9 Å². The molecule has 0 aliphatic carbocycles. The fourth-order valence-electron chi connectivity index (χ4n) is 3.14. The lowest BCUT2D eigenvalue weighted by Gasteiger charge is -2.33. The van der Waals surface area contributed by atoms with Crippen molar-refractivity contribution in [3.05, 3.63) is 47.3 Å². The first-order valence-electron chi connectivity index (χ1n) is 9.04. The SMILES string of the molecule is CN=C(NCc1ccccc1OC(F)(F)F)NC1CCN(c2cccs2)CC1. The van der Waals surface area contributed by atoms with E-state index in [-0.39, 0.29) is 18.3 Å². The fraction of sp³-hybridized carbons (Fsp3) is 0.421. The van der Waals surface area contributed by atoms with E-state index in [1.54, 1.807) is 30.5 Å². The van der Waals surface area contributed by atoms with Gasteiger partial charge in [0.05, 0.1) is 5.00 Å². The molecule has 0 spiro atoms. The molecule has 1 aliphatic rings. The zero-order valence-corrected chi connectivity index (χ0v) is 16.3. The second-order valence-electron chi connectivity index (χ2n) is 6.44. The third kappa shape index (κ3) is 5.79. The van der Waals surface area contributed by atoms with Crippen LogP contribution in [0.25, 0.3) is 0 Å². The number of nitrogens with zero attached hydrogens (tertiary/aromatic N) is 2. The predicted molar refractivity (Wildman–Crippen MR) is 106 cm³/mol. The number of hydrogen-bond donors (Lipinski definition) is 2. The Morgan fingerprint density at radius 1 is 1.21 bits per heavy atom. The number of ether oxygens (including phenoxy) is 1. The molecule has 1 aromatic carbocycles. The van der Waals surface area contributed by atoms with E-state index < -0.39 is 6.36 Å². The zero-order valence-electron chi connectivity index (χ0n) is 15.5. The highest BCUT2D eigenvalue weighted by Gasteiger charge is 2.32. The van der Waals surface area contributed by atoms with Crippen molar-refractivity contribution in [2.75, 3.05) is 25.0 Å². The summed E-state index contributed by atoms with van der Waals surface area (Å²) >= 11 is 1.74. The molecule has 2 heterocycles. The Hall–Kier alpha value is -2.42. The van der Waals surface area contributed by atoms with E-state index in [4.69, 9.17) is 0 Å². The summed E-state index contributed by atoms with van der Waals surface area (Å²) in [4.78, 5) is 6.56. The Morgan fingerprint density at radius 2 is 1.96 bits per heavy atom. The Bertz CT molecular complexity index is 772. The van der Waals surface area contributed by atoms with E-state index in [1.165, 1.54) is 17.1 Å². The summed E-state index contributed by atoms with van der Waals surface area (Å²) in [5.74, 6) is 0.360. The number of alkyl halides is 3. The van der Waals surface area contributed by atoms with Crippen molar-refractivity contribution in [1.82, 2.24) is 10.6 Å². The third-order valence-electron chi connectivity index (χ3n) is 4.52. The molecule has 9 heteroatoms. The second-order valence-corrected chi connectivity index (χ2v) is 7.36. The van der Waals surface area contributed by atoms with Crippen molar-refractivity contribution in [1.29, 1.82) is 0 Å². The Kier molecular flexibility index (Phi) is 6.66. The lowest BCUT2D eigenvalue weighted by atomic mass is 10.1. The van der Waals surface area contributed by atoms with E-state index in [1.807, 2.05) is 0 Å². The van der Waals surface area contributed by atoms with E-state index in [2.05, 4.69) is 42.8 Å². The van der Waals surface area contributed by atoms with Gasteiger partial charge in [0.2, 0.25) is 0 Å². The molecule has 0 amide bonds. The molecule has 5 nitrogen and oxygen atoms in total. The van der Waals surface area contributed by atoms with Gasteiger partial charge in [-0.2, -0.15) is 0 Å². The topological polar surface area (TPSA) is 48.9 Å². The van der Waals surface area contributed by atoms with Crippen molar-refractivity contribution in [2.45, 2.75) is 31.8 Å². The molecule has 3 rings (SSSR count). The van der Waals surface area contributed by atoms with Crippen LogP contribution in [0.4, 0.5) is 18.2 Å². The lowest BCUT2D eigenvalue weighted by Crippen LogP contribution is -2.48. The van der Waals surface area contributed by atoms with Gasteiger partial charge in [-0.15, -0.1) is 24.5 Å². The number of guanidine groups is 1. The summed E-state index contributed by atoms with van der Waals surface area (Å²) in [5.41, 5.74) is 0.412. The molecule has 2 N–H and O–H groups in total. The molecule has 152 valence electrons. The van der Waals surface area contributed by atoms with Gasteiger partial charge in [-0.3, -0.25) is 4.99 Å². The molecule has 0 unspecified atom stereocenters. The number of thiophene rings is 1. The first-order valence-corrected chi connectivity index (χ1v) is 9.92. The number of aliphatic imine (C=N–C) groups is 1. The van der Waals surface area contributed by atoms with Crippen LogP contribution in [0.2, 0.25) is 0 Å². The summed E-state index contributed by atoms with van der Waals surface area (Å²) in [6.07, 6.45) is -2.79. The van der Waals surface area contributed by atoms with Gasteiger partial charge in [-0.1, -0.05) is 18.2 Å². The van der Waals surface area contributed by atoms with Crippen LogP contribution in [-0.4, -0.2) is 38.5 Å². The van der Waals surface area contributed by atoms with Crippen LogP contribution in [0, 0.1) is 0 Å². The number of benzene rings is 1. The molecule has 0 radical (unpaired) electrons. The van der Waals surface area contributed by atoms with Crippen molar-refractivity contribution in [2.24, 2.45) is 4.99 Å². The number of halogens is 3. The largest absolute Gasteiger partial charge is 0.573 e. The first kappa shape index (κ1) is 20.3. The Balaban J connectivity index is 1.51. The summed E-state index contributed by atoms with van der Waals surface area (Å²) in [6, 6.07) is 10.5. The summed E-state index contributed by atoms with van der Waals surface area (Å²) < 4.78 is 41.7. The number of piperidine rings is 1. The molecule has 1 aromatic heterocycles. The summed E-state index contributed by atoms with van der Waals surface area (Å²) in [7, 11) is 1.65. The maximum atomic E-state index is 12.5. The van der Waals surface area contributed by atoms with Gasteiger partial charge in [0.1, 0.15) is 5.75 Å². The van der Waals surface area contributed by atoms with E-state index in [9.17, 15) is 13.2 Å². The van der Waals surface area contributed by atoms with Crippen LogP contribution in [0.1, 0.15) is 18.4 Å². The maximum absolute atomic E-state index is 12.5. The molecule has 1 fully saturated rings. The van der Waals surface area contributed by atoms with Crippen LogP contribution >= 0.6 is 11.3 Å². The van der Waals surface area contributed by atoms with Crippen molar-refractivity contribution < 1.29 is 17.9 Å². The normalized spacial score (nSPS) is 16.1. The molecule has 1 aliphatic heterocycles. The standard InChI is InChI=1S/C19H23F3N4OS/c1-23-18(24-13-14-5-2-3-6-16(14)27-19(20,21)22)25-15-8-10-26(11-9-15)17-7-4-12-28-17/h2-7,12,15H,8-11,13H2,1H3,(H2,23,24,25). The molecule has 0 bridgehead atoms. The minimum atomic E-state index is -4.72. The highest BCUT2D eigenvalue weighted by atomic mass is 32.1.